The Morgan fingerprint density at radius 3 is 2.00 bits per heavy atom. The monoisotopic (exact) mass is 358 g/mol. The molecule has 0 amide bonds. The van der Waals surface area contributed by atoms with Crippen molar-refractivity contribution in [3.05, 3.63) is 71.8 Å². The van der Waals surface area contributed by atoms with Gasteiger partial charge < -0.3 is 0 Å². The molecule has 5 heteroatoms. The number of rotatable bonds is 7. The van der Waals surface area contributed by atoms with Gasteiger partial charge in [-0.15, -0.1) is 0 Å². The third-order valence-corrected chi connectivity index (χ3v) is 5.03. The molecule has 0 saturated heterocycles. The molecule has 2 N–H and O–H groups in total. The molecule has 2 aromatic carbocycles. The van der Waals surface area contributed by atoms with Gasteiger partial charge in [0.2, 0.25) is 0 Å². The van der Waals surface area contributed by atoms with E-state index < -0.39 is 11.2 Å². The number of benzene rings is 2. The van der Waals surface area contributed by atoms with Crippen molar-refractivity contribution in [2.24, 2.45) is 5.92 Å². The van der Waals surface area contributed by atoms with Crippen LogP contribution >= 0.6 is 0 Å². The molecule has 3 atom stereocenters. The third-order valence-electron chi connectivity index (χ3n) is 3.76. The van der Waals surface area contributed by atoms with E-state index in [-0.39, 0.29) is 23.3 Å². The van der Waals surface area contributed by atoms with Crippen LogP contribution in [0.5, 0.6) is 0 Å². The van der Waals surface area contributed by atoms with Crippen LogP contribution in [0, 0.1) is 5.92 Å². The van der Waals surface area contributed by atoms with Crippen molar-refractivity contribution in [3.63, 3.8) is 0 Å². The summed E-state index contributed by atoms with van der Waals surface area (Å²) in [7, 11) is 0. The van der Waals surface area contributed by atoms with Crippen LogP contribution in [0.4, 0.5) is 0 Å². The van der Waals surface area contributed by atoms with E-state index in [1.165, 1.54) is 0 Å². The minimum atomic E-state index is -1.47. The summed E-state index contributed by atoms with van der Waals surface area (Å²) in [6, 6.07) is 18.5. The van der Waals surface area contributed by atoms with Gasteiger partial charge in [-0.05, 0) is 26.3 Å². The number of ketones is 1. The summed E-state index contributed by atoms with van der Waals surface area (Å²) < 4.78 is 18.6. The van der Waals surface area contributed by atoms with Crippen molar-refractivity contribution >= 4 is 17.0 Å². The molecular weight excluding hydrogens is 332 g/mol. The first-order valence-corrected chi connectivity index (χ1v) is 9.53. The number of Topliss-reactive ketones (excluding diaryl/α,β-unsaturated/α-hetero) is 1. The molecule has 25 heavy (non-hydrogen) atoms. The first-order chi connectivity index (χ1) is 11.8. The Morgan fingerprint density at radius 1 is 0.960 bits per heavy atom. The van der Waals surface area contributed by atoms with Crippen LogP contribution in [0.15, 0.2) is 60.7 Å². The van der Waals surface area contributed by atoms with E-state index in [9.17, 15) is 9.00 Å². The Morgan fingerprint density at radius 2 is 1.48 bits per heavy atom. The van der Waals surface area contributed by atoms with Gasteiger partial charge in [0.25, 0.3) is 0 Å². The lowest BCUT2D eigenvalue weighted by molar-refractivity contribution is 0.0909. The summed E-state index contributed by atoms with van der Waals surface area (Å²) >= 11 is -1.47. The van der Waals surface area contributed by atoms with Gasteiger partial charge in [-0.25, -0.2) is 13.7 Å². The maximum Gasteiger partial charge on any atom is 0.168 e. The Hall–Kier alpha value is -1.82. The van der Waals surface area contributed by atoms with Crippen LogP contribution < -0.4 is 9.44 Å². The highest BCUT2D eigenvalue weighted by Crippen LogP contribution is 2.25. The summed E-state index contributed by atoms with van der Waals surface area (Å²) in [5, 5.41) is 0. The number of hydrogen-bond donors (Lipinski definition) is 2. The summed E-state index contributed by atoms with van der Waals surface area (Å²) in [6.07, 6.45) is 0. The van der Waals surface area contributed by atoms with Gasteiger partial charge in [-0.1, -0.05) is 67.6 Å². The average molecular weight is 359 g/mol. The van der Waals surface area contributed by atoms with Gasteiger partial charge in [0, 0.05) is 17.0 Å². The van der Waals surface area contributed by atoms with Gasteiger partial charge in [0.1, 0.15) is 0 Å². The summed E-state index contributed by atoms with van der Waals surface area (Å²) in [6.45, 7) is 7.71. The molecule has 1 unspecified atom stereocenters. The fraction of sp³-hybridized carbons (Fsp3) is 0.350. The van der Waals surface area contributed by atoms with E-state index in [1.807, 2.05) is 88.4 Å². The smallest absolute Gasteiger partial charge is 0.168 e. The molecule has 0 radical (unpaired) electrons. The second-order valence-electron chi connectivity index (χ2n) is 7.15. The van der Waals surface area contributed by atoms with E-state index in [1.54, 1.807) is 0 Å². The van der Waals surface area contributed by atoms with Crippen molar-refractivity contribution < 1.29 is 9.00 Å². The first kappa shape index (κ1) is 19.5. The highest BCUT2D eigenvalue weighted by atomic mass is 32.2. The van der Waals surface area contributed by atoms with Crippen LogP contribution in [0.25, 0.3) is 0 Å². The lowest BCUT2D eigenvalue weighted by Crippen LogP contribution is -2.45. The van der Waals surface area contributed by atoms with Crippen molar-refractivity contribution in [2.75, 3.05) is 0 Å². The lowest BCUT2D eigenvalue weighted by atomic mass is 9.89. The standard InChI is InChI=1S/C20H26N2O2S/c1-15(19(23)17-13-9-6-10-14-17)18(16-11-7-5-8-12-16)21-25(24)22-20(2,3)4/h5-15,18,21-22H,1-4H3/t15-,18+,25?/m1/s1. The van der Waals surface area contributed by atoms with Crippen molar-refractivity contribution in [1.29, 1.82) is 0 Å². The third kappa shape index (κ3) is 5.88. The quantitative estimate of drug-likeness (QED) is 0.740. The first-order valence-electron chi connectivity index (χ1n) is 8.38. The van der Waals surface area contributed by atoms with Gasteiger partial charge in [-0.3, -0.25) is 4.79 Å². The normalized spacial score (nSPS) is 15.4. The van der Waals surface area contributed by atoms with Gasteiger partial charge in [0.05, 0.1) is 6.04 Å². The molecule has 134 valence electrons. The largest absolute Gasteiger partial charge is 0.294 e. The number of carbonyl (C=O) groups excluding carboxylic acids is 1. The molecule has 2 aromatic rings. The van der Waals surface area contributed by atoms with Crippen LogP contribution in [0.3, 0.4) is 0 Å². The molecular formula is C20H26N2O2S. The van der Waals surface area contributed by atoms with Crippen molar-refractivity contribution in [1.82, 2.24) is 9.44 Å². The van der Waals surface area contributed by atoms with Gasteiger partial charge in [0.15, 0.2) is 17.0 Å². The zero-order valence-electron chi connectivity index (χ0n) is 15.2. The van der Waals surface area contributed by atoms with E-state index in [0.29, 0.717) is 5.56 Å². The van der Waals surface area contributed by atoms with Crippen LogP contribution in [0.1, 0.15) is 49.7 Å². The highest BCUT2D eigenvalue weighted by molar-refractivity contribution is 7.81. The zero-order chi connectivity index (χ0) is 18.4. The molecule has 4 nitrogen and oxygen atoms in total. The maximum absolute atomic E-state index is 12.9. The maximum atomic E-state index is 12.9. The number of carbonyl (C=O) groups is 1. The van der Waals surface area contributed by atoms with Crippen LogP contribution in [0.2, 0.25) is 0 Å². The minimum absolute atomic E-state index is 0.0229. The van der Waals surface area contributed by atoms with Gasteiger partial charge >= 0.3 is 0 Å². The van der Waals surface area contributed by atoms with E-state index in [2.05, 4.69) is 9.44 Å². The molecule has 2 rings (SSSR count). The minimum Gasteiger partial charge on any atom is -0.294 e. The molecule has 0 bridgehead atoms. The van der Waals surface area contributed by atoms with Crippen LogP contribution in [-0.2, 0) is 11.2 Å². The molecule has 0 spiro atoms. The predicted molar refractivity (Wildman–Crippen MR) is 103 cm³/mol. The SMILES string of the molecule is C[C@@H](C(=O)c1ccccc1)[C@H](NS(=O)NC(C)(C)C)c1ccccc1. The number of nitrogens with one attached hydrogen (secondary N) is 2. The Labute approximate surface area is 152 Å². The van der Waals surface area contributed by atoms with Crippen molar-refractivity contribution in [2.45, 2.75) is 39.3 Å². The topological polar surface area (TPSA) is 58.2 Å². The Balaban J connectivity index is 2.25. The van der Waals surface area contributed by atoms with Crippen molar-refractivity contribution in [3.8, 4) is 0 Å². The Bertz CT molecular complexity index is 711. The van der Waals surface area contributed by atoms with E-state index in [4.69, 9.17) is 0 Å². The second-order valence-corrected chi connectivity index (χ2v) is 8.12. The molecule has 0 aliphatic rings. The fourth-order valence-electron chi connectivity index (χ4n) is 2.56. The molecule has 0 saturated carbocycles. The predicted octanol–water partition coefficient (Wildman–Crippen LogP) is 3.80. The Kier molecular flexibility index (Phi) is 6.64. The van der Waals surface area contributed by atoms with E-state index in [0.717, 1.165) is 5.56 Å². The highest BCUT2D eigenvalue weighted by Gasteiger charge is 2.28. The molecule has 0 heterocycles. The molecule has 0 aliphatic carbocycles. The zero-order valence-corrected chi connectivity index (χ0v) is 16.0. The molecule has 0 aliphatic heterocycles. The average Bonchev–Trinajstić information content (AvgIpc) is 2.58. The summed E-state index contributed by atoms with van der Waals surface area (Å²) in [5.74, 6) is -0.342. The summed E-state index contributed by atoms with van der Waals surface area (Å²) in [4.78, 5) is 12.9. The van der Waals surface area contributed by atoms with E-state index >= 15 is 0 Å². The second kappa shape index (κ2) is 8.52. The fourth-order valence-corrected chi connectivity index (χ4v) is 3.74. The lowest BCUT2D eigenvalue weighted by Gasteiger charge is -2.27. The molecule has 0 fully saturated rings. The van der Waals surface area contributed by atoms with Crippen LogP contribution in [-0.4, -0.2) is 15.5 Å². The van der Waals surface area contributed by atoms with Gasteiger partial charge in [-0.2, -0.15) is 0 Å². The summed E-state index contributed by atoms with van der Waals surface area (Å²) in [5.41, 5.74) is 1.29. The number of hydrogen-bond acceptors (Lipinski definition) is 2. The molecule has 0 aromatic heterocycles.